The third-order valence-electron chi connectivity index (χ3n) is 2.97. The molecule has 4 heteroatoms. The number of nitrogens with zero attached hydrogens (tertiary/aromatic N) is 2. The molecule has 0 N–H and O–H groups in total. The number of aromatic nitrogens is 2. The molecule has 0 saturated heterocycles. The molecule has 90 valence electrons. The SMILES string of the molecule is Cc1c(-c2ccccc2F)nc2c(Br)cccn12. The molecule has 0 aliphatic heterocycles. The molecule has 3 rings (SSSR count). The third kappa shape index (κ3) is 1.64. The number of benzene rings is 1. The van der Waals surface area contributed by atoms with Crippen molar-refractivity contribution in [3.63, 3.8) is 0 Å². The van der Waals surface area contributed by atoms with Gasteiger partial charge >= 0.3 is 0 Å². The monoisotopic (exact) mass is 304 g/mol. The molecule has 2 nitrogen and oxygen atoms in total. The summed E-state index contributed by atoms with van der Waals surface area (Å²) in [5, 5.41) is 0. The fraction of sp³-hybridized carbons (Fsp3) is 0.0714. The van der Waals surface area contributed by atoms with Gasteiger partial charge in [-0.3, -0.25) is 0 Å². The molecule has 2 aromatic heterocycles. The third-order valence-corrected chi connectivity index (χ3v) is 3.59. The zero-order valence-corrected chi connectivity index (χ0v) is 11.3. The average molecular weight is 305 g/mol. The van der Waals surface area contributed by atoms with Crippen LogP contribution in [0.15, 0.2) is 47.1 Å². The minimum absolute atomic E-state index is 0.250. The topological polar surface area (TPSA) is 17.3 Å². The van der Waals surface area contributed by atoms with E-state index in [4.69, 9.17) is 0 Å². The van der Waals surface area contributed by atoms with Gasteiger partial charge in [0.2, 0.25) is 0 Å². The second-order valence-corrected chi connectivity index (χ2v) is 4.93. The van der Waals surface area contributed by atoms with Crippen LogP contribution >= 0.6 is 15.9 Å². The van der Waals surface area contributed by atoms with Crippen molar-refractivity contribution < 1.29 is 4.39 Å². The van der Waals surface area contributed by atoms with Crippen LogP contribution in [-0.2, 0) is 0 Å². The van der Waals surface area contributed by atoms with E-state index in [0.29, 0.717) is 11.3 Å². The highest BCUT2D eigenvalue weighted by Gasteiger charge is 2.14. The lowest BCUT2D eigenvalue weighted by Gasteiger charge is -2.00. The van der Waals surface area contributed by atoms with Crippen molar-refractivity contribution in [3.05, 3.63) is 58.6 Å². The lowest BCUT2D eigenvalue weighted by molar-refractivity contribution is 0.630. The largest absolute Gasteiger partial charge is 0.303 e. The minimum atomic E-state index is -0.250. The van der Waals surface area contributed by atoms with Crippen LogP contribution in [0.25, 0.3) is 16.9 Å². The van der Waals surface area contributed by atoms with Gasteiger partial charge in [-0.15, -0.1) is 0 Å². The minimum Gasteiger partial charge on any atom is -0.303 e. The Hall–Kier alpha value is -1.68. The molecule has 0 aliphatic carbocycles. The summed E-state index contributed by atoms with van der Waals surface area (Å²) in [6.07, 6.45) is 1.92. The number of fused-ring (bicyclic) bond motifs is 1. The number of rotatable bonds is 1. The molecule has 0 atom stereocenters. The molecule has 1 aromatic carbocycles. The van der Waals surface area contributed by atoms with Crippen LogP contribution in [0.1, 0.15) is 5.69 Å². The van der Waals surface area contributed by atoms with Crippen molar-refractivity contribution >= 4 is 21.6 Å². The first kappa shape index (κ1) is 11.4. The fourth-order valence-electron chi connectivity index (χ4n) is 2.06. The van der Waals surface area contributed by atoms with Crippen LogP contribution < -0.4 is 0 Å². The summed E-state index contributed by atoms with van der Waals surface area (Å²) in [5.74, 6) is -0.250. The van der Waals surface area contributed by atoms with E-state index in [1.165, 1.54) is 6.07 Å². The summed E-state index contributed by atoms with van der Waals surface area (Å²) in [5.41, 5.74) is 2.94. The smallest absolute Gasteiger partial charge is 0.152 e. The standard InChI is InChI=1S/C14H10BrFN2/c1-9-13(10-5-2-3-7-12(10)16)17-14-11(15)6-4-8-18(9)14/h2-8H,1H3. The van der Waals surface area contributed by atoms with E-state index in [2.05, 4.69) is 20.9 Å². The van der Waals surface area contributed by atoms with Gasteiger partial charge in [0.05, 0.1) is 10.2 Å². The molecule has 0 bridgehead atoms. The molecule has 2 heterocycles. The van der Waals surface area contributed by atoms with Crippen LogP contribution in [0, 0.1) is 12.7 Å². The highest BCUT2D eigenvalue weighted by Crippen LogP contribution is 2.28. The first-order valence-electron chi connectivity index (χ1n) is 5.56. The highest BCUT2D eigenvalue weighted by atomic mass is 79.9. The Bertz CT molecular complexity index is 734. The van der Waals surface area contributed by atoms with Gasteiger partial charge in [0.25, 0.3) is 0 Å². The summed E-state index contributed by atoms with van der Waals surface area (Å²) < 4.78 is 16.7. The Morgan fingerprint density at radius 3 is 2.67 bits per heavy atom. The Morgan fingerprint density at radius 2 is 1.94 bits per heavy atom. The summed E-state index contributed by atoms with van der Waals surface area (Å²) in [7, 11) is 0. The van der Waals surface area contributed by atoms with Gasteiger partial charge in [-0.05, 0) is 47.1 Å². The molecule has 3 aromatic rings. The molecule has 0 saturated carbocycles. The van der Waals surface area contributed by atoms with Crippen molar-refractivity contribution in [1.82, 2.24) is 9.38 Å². The van der Waals surface area contributed by atoms with Crippen LogP contribution in [0.3, 0.4) is 0 Å². The van der Waals surface area contributed by atoms with Gasteiger partial charge in [-0.2, -0.15) is 0 Å². The van der Waals surface area contributed by atoms with Crippen molar-refractivity contribution in [3.8, 4) is 11.3 Å². The second kappa shape index (κ2) is 4.21. The maximum Gasteiger partial charge on any atom is 0.152 e. The quantitative estimate of drug-likeness (QED) is 0.658. The van der Waals surface area contributed by atoms with Gasteiger partial charge < -0.3 is 4.40 Å². The molecule has 18 heavy (non-hydrogen) atoms. The average Bonchev–Trinajstić information content (AvgIpc) is 2.70. The van der Waals surface area contributed by atoms with Crippen molar-refractivity contribution in [1.29, 1.82) is 0 Å². The number of hydrogen-bond acceptors (Lipinski definition) is 1. The Labute approximate surface area is 112 Å². The van der Waals surface area contributed by atoms with E-state index < -0.39 is 0 Å². The second-order valence-electron chi connectivity index (χ2n) is 4.08. The fourth-order valence-corrected chi connectivity index (χ4v) is 2.49. The lowest BCUT2D eigenvalue weighted by atomic mass is 10.1. The van der Waals surface area contributed by atoms with Crippen LogP contribution in [0.5, 0.6) is 0 Å². The van der Waals surface area contributed by atoms with Crippen molar-refractivity contribution in [2.45, 2.75) is 6.92 Å². The maximum atomic E-state index is 13.8. The lowest BCUT2D eigenvalue weighted by Crippen LogP contribution is -1.88. The zero-order chi connectivity index (χ0) is 12.7. The van der Waals surface area contributed by atoms with Gasteiger partial charge in [0.1, 0.15) is 5.82 Å². The maximum absolute atomic E-state index is 13.8. The number of imidazole rings is 1. The van der Waals surface area contributed by atoms with Crippen molar-refractivity contribution in [2.75, 3.05) is 0 Å². The number of halogens is 2. The van der Waals surface area contributed by atoms with Crippen LogP contribution in [-0.4, -0.2) is 9.38 Å². The zero-order valence-electron chi connectivity index (χ0n) is 9.69. The summed E-state index contributed by atoms with van der Waals surface area (Å²) in [6, 6.07) is 10.5. The molecule has 0 spiro atoms. The predicted molar refractivity (Wildman–Crippen MR) is 73.0 cm³/mol. The van der Waals surface area contributed by atoms with Gasteiger partial charge in [0, 0.05) is 17.5 Å². The number of pyridine rings is 1. The molecule has 0 unspecified atom stereocenters. The molecule has 0 aliphatic rings. The first-order chi connectivity index (χ1) is 8.68. The molecular weight excluding hydrogens is 295 g/mol. The molecule has 0 radical (unpaired) electrons. The van der Waals surface area contributed by atoms with E-state index in [0.717, 1.165) is 15.8 Å². The molecule has 0 fully saturated rings. The highest BCUT2D eigenvalue weighted by molar-refractivity contribution is 9.10. The first-order valence-corrected chi connectivity index (χ1v) is 6.36. The number of hydrogen-bond donors (Lipinski definition) is 0. The molecular formula is C14H10BrFN2. The van der Waals surface area contributed by atoms with E-state index in [1.54, 1.807) is 12.1 Å². The van der Waals surface area contributed by atoms with E-state index in [-0.39, 0.29) is 5.82 Å². The normalized spacial score (nSPS) is 11.1. The van der Waals surface area contributed by atoms with E-state index >= 15 is 0 Å². The Balaban J connectivity index is 2.35. The van der Waals surface area contributed by atoms with Gasteiger partial charge in [-0.25, -0.2) is 9.37 Å². The van der Waals surface area contributed by atoms with Crippen molar-refractivity contribution in [2.24, 2.45) is 0 Å². The Morgan fingerprint density at radius 1 is 1.17 bits per heavy atom. The summed E-state index contributed by atoms with van der Waals surface area (Å²) in [4.78, 5) is 4.52. The summed E-state index contributed by atoms with van der Waals surface area (Å²) in [6.45, 7) is 1.94. The molecule has 0 amide bonds. The van der Waals surface area contributed by atoms with Gasteiger partial charge in [0.15, 0.2) is 5.65 Å². The summed E-state index contributed by atoms with van der Waals surface area (Å²) >= 11 is 3.46. The number of aryl methyl sites for hydroxylation is 1. The van der Waals surface area contributed by atoms with Gasteiger partial charge in [-0.1, -0.05) is 12.1 Å². The van der Waals surface area contributed by atoms with Crippen LogP contribution in [0.4, 0.5) is 4.39 Å². The predicted octanol–water partition coefficient (Wildman–Crippen LogP) is 4.21. The Kier molecular flexibility index (Phi) is 2.67. The van der Waals surface area contributed by atoms with E-state index in [1.807, 2.05) is 35.7 Å². The van der Waals surface area contributed by atoms with Crippen LogP contribution in [0.2, 0.25) is 0 Å². The van der Waals surface area contributed by atoms with E-state index in [9.17, 15) is 4.39 Å².